The lowest BCUT2D eigenvalue weighted by atomic mass is 10.2. The second kappa shape index (κ2) is 6.49. The molecule has 2 aromatic heterocycles. The van der Waals surface area contributed by atoms with Crippen molar-refractivity contribution in [3.8, 4) is 0 Å². The summed E-state index contributed by atoms with van der Waals surface area (Å²) in [5, 5.41) is 4.28. The molecule has 0 radical (unpaired) electrons. The van der Waals surface area contributed by atoms with Gasteiger partial charge in [-0.25, -0.2) is 9.50 Å². The van der Waals surface area contributed by atoms with Gasteiger partial charge in [-0.15, -0.1) is 0 Å². The number of aromatic nitrogens is 3. The van der Waals surface area contributed by atoms with Crippen molar-refractivity contribution in [1.82, 2.24) is 24.4 Å². The number of hydrogen-bond acceptors (Lipinski definition) is 5. The number of nitrogens with zero attached hydrogens (tertiary/aromatic N) is 5. The highest BCUT2D eigenvalue weighted by Gasteiger charge is 2.28. The minimum absolute atomic E-state index is 0.0332. The number of amides is 1. The monoisotopic (exact) mass is 329 g/mol. The van der Waals surface area contributed by atoms with E-state index in [1.165, 1.54) is 0 Å². The Morgan fingerprint density at radius 3 is 3.00 bits per heavy atom. The molecule has 24 heavy (non-hydrogen) atoms. The van der Waals surface area contributed by atoms with Crippen LogP contribution < -0.4 is 0 Å². The number of rotatable bonds is 2. The molecule has 0 aromatic carbocycles. The number of ether oxygens (including phenoxy) is 1. The molecule has 1 amide bonds. The molecule has 0 aliphatic carbocycles. The van der Waals surface area contributed by atoms with E-state index in [2.05, 4.69) is 15.0 Å². The summed E-state index contributed by atoms with van der Waals surface area (Å²) >= 11 is 0. The topological polar surface area (TPSA) is 63.0 Å². The van der Waals surface area contributed by atoms with Crippen molar-refractivity contribution in [2.45, 2.75) is 25.8 Å². The van der Waals surface area contributed by atoms with E-state index in [0.29, 0.717) is 17.3 Å². The van der Waals surface area contributed by atoms with E-state index in [9.17, 15) is 4.79 Å². The van der Waals surface area contributed by atoms with Gasteiger partial charge in [0, 0.05) is 51.2 Å². The van der Waals surface area contributed by atoms with Crippen LogP contribution in [-0.4, -0.2) is 75.7 Å². The van der Waals surface area contributed by atoms with Gasteiger partial charge < -0.3 is 9.64 Å². The van der Waals surface area contributed by atoms with Crippen LogP contribution in [0.15, 0.2) is 18.6 Å². The van der Waals surface area contributed by atoms with Crippen molar-refractivity contribution in [3.05, 3.63) is 29.7 Å². The average Bonchev–Trinajstić information content (AvgIpc) is 3.19. The molecule has 4 heterocycles. The summed E-state index contributed by atoms with van der Waals surface area (Å²) in [6.07, 6.45) is 7.40. The molecule has 0 spiro atoms. The van der Waals surface area contributed by atoms with Crippen molar-refractivity contribution in [3.63, 3.8) is 0 Å². The summed E-state index contributed by atoms with van der Waals surface area (Å²) in [7, 11) is 0. The number of carbonyl (C=O) groups excluding carboxylic acids is 1. The maximum atomic E-state index is 12.9. The van der Waals surface area contributed by atoms with Crippen LogP contribution in [0.1, 0.15) is 28.8 Å². The Bertz CT molecular complexity index is 738. The zero-order valence-corrected chi connectivity index (χ0v) is 14.0. The summed E-state index contributed by atoms with van der Waals surface area (Å²) in [6.45, 7) is 7.12. The largest absolute Gasteiger partial charge is 0.380 e. The first-order valence-corrected chi connectivity index (χ1v) is 8.63. The molecule has 1 unspecified atom stereocenters. The van der Waals surface area contributed by atoms with E-state index < -0.39 is 0 Å². The fraction of sp³-hybridized carbons (Fsp3) is 0.588. The van der Waals surface area contributed by atoms with E-state index in [1.807, 2.05) is 18.0 Å². The van der Waals surface area contributed by atoms with Gasteiger partial charge in [-0.05, 0) is 25.3 Å². The van der Waals surface area contributed by atoms with Crippen LogP contribution in [0.2, 0.25) is 0 Å². The van der Waals surface area contributed by atoms with Gasteiger partial charge in [-0.1, -0.05) is 0 Å². The van der Waals surface area contributed by atoms with Gasteiger partial charge in [0.2, 0.25) is 0 Å². The number of aryl methyl sites for hydroxylation is 1. The van der Waals surface area contributed by atoms with Crippen LogP contribution in [-0.2, 0) is 4.74 Å². The maximum absolute atomic E-state index is 12.9. The SMILES string of the molecule is Cc1cnc2c(C(=O)N3CCCN(C4CCOC4)CC3)cnn2c1. The zero-order chi connectivity index (χ0) is 16.5. The van der Waals surface area contributed by atoms with E-state index in [-0.39, 0.29) is 5.91 Å². The van der Waals surface area contributed by atoms with Gasteiger partial charge in [-0.3, -0.25) is 9.69 Å². The first-order valence-electron chi connectivity index (χ1n) is 8.63. The minimum atomic E-state index is 0.0332. The highest BCUT2D eigenvalue weighted by atomic mass is 16.5. The molecule has 2 aliphatic rings. The van der Waals surface area contributed by atoms with Gasteiger partial charge in [-0.2, -0.15) is 5.10 Å². The second-order valence-electron chi connectivity index (χ2n) is 6.66. The van der Waals surface area contributed by atoms with Gasteiger partial charge in [0.05, 0.1) is 12.8 Å². The van der Waals surface area contributed by atoms with Gasteiger partial charge in [0.15, 0.2) is 5.65 Å². The summed E-state index contributed by atoms with van der Waals surface area (Å²) in [4.78, 5) is 21.7. The first kappa shape index (κ1) is 15.5. The molecule has 2 aliphatic heterocycles. The predicted molar refractivity (Wildman–Crippen MR) is 89.0 cm³/mol. The molecule has 7 heteroatoms. The Balaban J connectivity index is 1.49. The third-order valence-corrected chi connectivity index (χ3v) is 4.96. The van der Waals surface area contributed by atoms with Gasteiger partial charge in [0.25, 0.3) is 5.91 Å². The summed E-state index contributed by atoms with van der Waals surface area (Å²) in [5.74, 6) is 0.0332. The molecule has 7 nitrogen and oxygen atoms in total. The van der Waals surface area contributed by atoms with Crippen LogP contribution in [0, 0.1) is 6.92 Å². The van der Waals surface area contributed by atoms with Crippen molar-refractivity contribution in [1.29, 1.82) is 0 Å². The number of fused-ring (bicyclic) bond motifs is 1. The van der Waals surface area contributed by atoms with Gasteiger partial charge >= 0.3 is 0 Å². The Labute approximate surface area is 141 Å². The lowest BCUT2D eigenvalue weighted by Gasteiger charge is -2.26. The van der Waals surface area contributed by atoms with Crippen LogP contribution in [0.3, 0.4) is 0 Å². The Hall–Kier alpha value is -1.99. The summed E-state index contributed by atoms with van der Waals surface area (Å²) in [6, 6.07) is 0.515. The molecule has 2 fully saturated rings. The van der Waals surface area contributed by atoms with Crippen LogP contribution in [0.5, 0.6) is 0 Å². The Morgan fingerprint density at radius 2 is 2.17 bits per heavy atom. The smallest absolute Gasteiger partial charge is 0.259 e. The number of hydrogen-bond donors (Lipinski definition) is 0. The second-order valence-corrected chi connectivity index (χ2v) is 6.66. The lowest BCUT2D eigenvalue weighted by molar-refractivity contribution is 0.0758. The summed E-state index contributed by atoms with van der Waals surface area (Å²) in [5.41, 5.74) is 2.25. The quantitative estimate of drug-likeness (QED) is 0.822. The first-order chi connectivity index (χ1) is 11.7. The van der Waals surface area contributed by atoms with E-state index in [4.69, 9.17) is 4.74 Å². The van der Waals surface area contributed by atoms with Crippen molar-refractivity contribution < 1.29 is 9.53 Å². The molecule has 2 aromatic rings. The minimum Gasteiger partial charge on any atom is -0.380 e. The molecule has 0 bridgehead atoms. The summed E-state index contributed by atoms with van der Waals surface area (Å²) < 4.78 is 7.18. The van der Waals surface area contributed by atoms with E-state index in [0.717, 1.165) is 57.8 Å². The predicted octanol–water partition coefficient (Wildman–Crippen LogP) is 0.975. The fourth-order valence-corrected chi connectivity index (χ4v) is 3.61. The van der Waals surface area contributed by atoms with Crippen molar-refractivity contribution in [2.24, 2.45) is 0 Å². The van der Waals surface area contributed by atoms with E-state index in [1.54, 1.807) is 16.9 Å². The molecule has 1 atom stereocenters. The standard InChI is InChI=1S/C17H23N5O2/c1-13-9-18-16-15(10-19-22(16)11-13)17(23)21-5-2-4-20(6-7-21)14-3-8-24-12-14/h9-11,14H,2-8,12H2,1H3. The van der Waals surface area contributed by atoms with Crippen molar-refractivity contribution >= 4 is 11.6 Å². The fourth-order valence-electron chi connectivity index (χ4n) is 3.61. The highest BCUT2D eigenvalue weighted by molar-refractivity contribution is 5.99. The van der Waals surface area contributed by atoms with E-state index >= 15 is 0 Å². The Morgan fingerprint density at radius 1 is 1.25 bits per heavy atom. The molecular formula is C17H23N5O2. The zero-order valence-electron chi connectivity index (χ0n) is 14.0. The normalized spacial score (nSPS) is 22.9. The number of carbonyl (C=O) groups is 1. The maximum Gasteiger partial charge on any atom is 0.259 e. The molecule has 0 N–H and O–H groups in total. The van der Waals surface area contributed by atoms with Gasteiger partial charge in [0.1, 0.15) is 5.56 Å². The Kier molecular flexibility index (Phi) is 4.20. The third kappa shape index (κ3) is 2.89. The van der Waals surface area contributed by atoms with Crippen LogP contribution in [0.4, 0.5) is 0 Å². The molecule has 128 valence electrons. The molecular weight excluding hydrogens is 306 g/mol. The molecule has 2 saturated heterocycles. The molecule has 4 rings (SSSR count). The van der Waals surface area contributed by atoms with Crippen molar-refractivity contribution in [2.75, 3.05) is 39.4 Å². The lowest BCUT2D eigenvalue weighted by Crippen LogP contribution is -2.39. The van der Waals surface area contributed by atoms with Crippen LogP contribution in [0.25, 0.3) is 5.65 Å². The van der Waals surface area contributed by atoms with Crippen LogP contribution >= 0.6 is 0 Å². The highest BCUT2D eigenvalue weighted by Crippen LogP contribution is 2.17. The molecule has 0 saturated carbocycles. The third-order valence-electron chi connectivity index (χ3n) is 4.96. The average molecular weight is 329 g/mol.